The number of Topliss-reactive ketones (excluding diaryl/α,β-unsaturated/α-hetero) is 1. The third kappa shape index (κ3) is 5.43. The van der Waals surface area contributed by atoms with Gasteiger partial charge in [0.1, 0.15) is 5.84 Å². The number of hydrogen-bond donors (Lipinski definition) is 5. The SMILES string of the molecule is N=C(N)c1ccc(C(=O)CNCCCNC(=O)[C@@H]2CCCN2)cc1. The molecule has 1 heterocycles. The van der Waals surface area contributed by atoms with Crippen LogP contribution in [0.15, 0.2) is 24.3 Å². The van der Waals surface area contributed by atoms with Crippen LogP contribution in [0.1, 0.15) is 35.2 Å². The summed E-state index contributed by atoms with van der Waals surface area (Å²) < 4.78 is 0. The topological polar surface area (TPSA) is 120 Å². The largest absolute Gasteiger partial charge is 0.384 e. The molecular formula is C17H25N5O2. The highest BCUT2D eigenvalue weighted by atomic mass is 16.2. The van der Waals surface area contributed by atoms with Gasteiger partial charge in [-0.2, -0.15) is 0 Å². The second kappa shape index (κ2) is 9.14. The van der Waals surface area contributed by atoms with Gasteiger partial charge in [-0.1, -0.05) is 24.3 Å². The molecule has 130 valence electrons. The molecule has 0 unspecified atom stereocenters. The van der Waals surface area contributed by atoms with Crippen LogP contribution in [0.2, 0.25) is 0 Å². The van der Waals surface area contributed by atoms with Gasteiger partial charge in [-0.25, -0.2) is 0 Å². The molecular weight excluding hydrogens is 306 g/mol. The number of benzene rings is 1. The van der Waals surface area contributed by atoms with Crippen molar-refractivity contribution >= 4 is 17.5 Å². The Morgan fingerprint density at radius 2 is 1.92 bits per heavy atom. The first-order valence-electron chi connectivity index (χ1n) is 8.27. The van der Waals surface area contributed by atoms with E-state index in [9.17, 15) is 9.59 Å². The van der Waals surface area contributed by atoms with Crippen molar-refractivity contribution in [2.45, 2.75) is 25.3 Å². The van der Waals surface area contributed by atoms with Crippen molar-refractivity contribution < 1.29 is 9.59 Å². The van der Waals surface area contributed by atoms with E-state index in [4.69, 9.17) is 11.1 Å². The number of carbonyl (C=O) groups excluding carboxylic acids is 2. The number of ketones is 1. The molecule has 1 fully saturated rings. The van der Waals surface area contributed by atoms with Crippen LogP contribution in [0, 0.1) is 5.41 Å². The van der Waals surface area contributed by atoms with Crippen LogP contribution < -0.4 is 21.7 Å². The number of amidine groups is 1. The molecule has 24 heavy (non-hydrogen) atoms. The van der Waals surface area contributed by atoms with Gasteiger partial charge < -0.3 is 21.7 Å². The minimum Gasteiger partial charge on any atom is -0.384 e. The third-order valence-electron chi connectivity index (χ3n) is 4.01. The minimum atomic E-state index is -0.0440. The second-order valence-corrected chi connectivity index (χ2v) is 5.88. The Morgan fingerprint density at radius 1 is 1.21 bits per heavy atom. The Morgan fingerprint density at radius 3 is 2.54 bits per heavy atom. The second-order valence-electron chi connectivity index (χ2n) is 5.88. The quantitative estimate of drug-likeness (QED) is 0.189. The fourth-order valence-corrected chi connectivity index (χ4v) is 2.60. The molecule has 1 aromatic carbocycles. The van der Waals surface area contributed by atoms with Gasteiger partial charge in [0.25, 0.3) is 0 Å². The maximum atomic E-state index is 12.0. The number of rotatable bonds is 9. The van der Waals surface area contributed by atoms with Crippen LogP contribution in [0.3, 0.4) is 0 Å². The van der Waals surface area contributed by atoms with Crippen LogP contribution in [-0.2, 0) is 4.79 Å². The normalized spacial score (nSPS) is 16.8. The molecule has 1 aromatic rings. The van der Waals surface area contributed by atoms with E-state index < -0.39 is 0 Å². The molecule has 1 saturated heterocycles. The molecule has 2 rings (SSSR count). The van der Waals surface area contributed by atoms with E-state index in [0.717, 1.165) is 25.8 Å². The molecule has 0 bridgehead atoms. The average Bonchev–Trinajstić information content (AvgIpc) is 3.12. The molecule has 0 aliphatic carbocycles. The predicted molar refractivity (Wildman–Crippen MR) is 93.3 cm³/mol. The van der Waals surface area contributed by atoms with Gasteiger partial charge in [-0.05, 0) is 32.4 Å². The smallest absolute Gasteiger partial charge is 0.237 e. The monoisotopic (exact) mass is 331 g/mol. The summed E-state index contributed by atoms with van der Waals surface area (Å²) in [5.74, 6) is 0.0420. The highest BCUT2D eigenvalue weighted by Gasteiger charge is 2.20. The highest BCUT2D eigenvalue weighted by Crippen LogP contribution is 2.05. The number of nitrogens with two attached hydrogens (primary N) is 1. The lowest BCUT2D eigenvalue weighted by Gasteiger charge is -2.11. The zero-order valence-corrected chi connectivity index (χ0v) is 13.7. The fourth-order valence-electron chi connectivity index (χ4n) is 2.60. The molecule has 1 aliphatic heterocycles. The molecule has 6 N–H and O–H groups in total. The van der Waals surface area contributed by atoms with Gasteiger partial charge in [0.05, 0.1) is 12.6 Å². The first-order chi connectivity index (χ1) is 11.6. The van der Waals surface area contributed by atoms with Gasteiger partial charge in [-0.15, -0.1) is 0 Å². The zero-order valence-electron chi connectivity index (χ0n) is 13.7. The third-order valence-corrected chi connectivity index (χ3v) is 4.01. The Labute approximate surface area is 141 Å². The van der Waals surface area contributed by atoms with Gasteiger partial charge in [0.15, 0.2) is 5.78 Å². The lowest BCUT2D eigenvalue weighted by molar-refractivity contribution is -0.122. The van der Waals surface area contributed by atoms with E-state index in [0.29, 0.717) is 24.2 Å². The van der Waals surface area contributed by atoms with Gasteiger partial charge >= 0.3 is 0 Å². The van der Waals surface area contributed by atoms with Crippen LogP contribution in [0.5, 0.6) is 0 Å². The molecule has 1 amide bonds. The number of hydrogen-bond acceptors (Lipinski definition) is 5. The number of amides is 1. The zero-order chi connectivity index (χ0) is 17.4. The Bertz CT molecular complexity index is 579. The summed E-state index contributed by atoms with van der Waals surface area (Å²) in [6.45, 7) is 2.42. The van der Waals surface area contributed by atoms with Gasteiger partial charge in [0, 0.05) is 17.7 Å². The Kier molecular flexibility index (Phi) is 6.89. The summed E-state index contributed by atoms with van der Waals surface area (Å²) >= 11 is 0. The van der Waals surface area contributed by atoms with Crippen LogP contribution >= 0.6 is 0 Å². The summed E-state index contributed by atoms with van der Waals surface area (Å²) in [5.41, 5.74) is 6.57. The number of carbonyl (C=O) groups is 2. The maximum Gasteiger partial charge on any atom is 0.237 e. The van der Waals surface area contributed by atoms with E-state index in [1.165, 1.54) is 0 Å². The molecule has 0 radical (unpaired) electrons. The van der Waals surface area contributed by atoms with Crippen molar-refractivity contribution in [1.82, 2.24) is 16.0 Å². The van der Waals surface area contributed by atoms with Crippen LogP contribution in [0.4, 0.5) is 0 Å². The summed E-state index contributed by atoms with van der Waals surface area (Å²) in [5, 5.41) is 16.5. The Balaban J connectivity index is 1.59. The standard InChI is InChI=1S/C17H25N5O2/c18-16(19)13-6-4-12(5-7-13)15(23)11-20-8-2-10-22-17(24)14-3-1-9-21-14/h4-7,14,20-21H,1-3,8-11H2,(H3,18,19)(H,22,24)/t14-/m0/s1. The van der Waals surface area contributed by atoms with Crippen molar-refractivity contribution in [1.29, 1.82) is 5.41 Å². The predicted octanol–water partition coefficient (Wildman–Crippen LogP) is 0.00127. The lowest BCUT2D eigenvalue weighted by atomic mass is 10.1. The van der Waals surface area contributed by atoms with E-state index in [-0.39, 0.29) is 30.1 Å². The van der Waals surface area contributed by atoms with Crippen molar-refractivity contribution in [2.75, 3.05) is 26.2 Å². The molecule has 7 heteroatoms. The molecule has 0 saturated carbocycles. The molecule has 7 nitrogen and oxygen atoms in total. The average molecular weight is 331 g/mol. The Hall–Kier alpha value is -2.25. The summed E-state index contributed by atoms with van der Waals surface area (Å²) in [6, 6.07) is 6.65. The van der Waals surface area contributed by atoms with Crippen molar-refractivity contribution in [3.05, 3.63) is 35.4 Å². The first-order valence-corrected chi connectivity index (χ1v) is 8.27. The highest BCUT2D eigenvalue weighted by molar-refractivity contribution is 5.99. The van der Waals surface area contributed by atoms with Crippen molar-refractivity contribution in [3.8, 4) is 0 Å². The summed E-state index contributed by atoms with van der Waals surface area (Å²) in [4.78, 5) is 23.8. The van der Waals surface area contributed by atoms with E-state index in [1.807, 2.05) is 0 Å². The fraction of sp³-hybridized carbons (Fsp3) is 0.471. The van der Waals surface area contributed by atoms with Crippen molar-refractivity contribution in [2.24, 2.45) is 5.73 Å². The van der Waals surface area contributed by atoms with Gasteiger partial charge in [-0.3, -0.25) is 15.0 Å². The minimum absolute atomic E-state index is 0.00991. The lowest BCUT2D eigenvalue weighted by Crippen LogP contribution is -2.41. The molecule has 1 atom stereocenters. The van der Waals surface area contributed by atoms with Crippen LogP contribution in [0.25, 0.3) is 0 Å². The van der Waals surface area contributed by atoms with E-state index in [2.05, 4.69) is 16.0 Å². The molecule has 0 aromatic heterocycles. The number of nitrogen functional groups attached to an aromatic ring is 1. The summed E-state index contributed by atoms with van der Waals surface area (Å²) in [7, 11) is 0. The van der Waals surface area contributed by atoms with Crippen molar-refractivity contribution in [3.63, 3.8) is 0 Å². The van der Waals surface area contributed by atoms with E-state index in [1.54, 1.807) is 24.3 Å². The molecule has 0 spiro atoms. The van der Waals surface area contributed by atoms with Crippen LogP contribution in [-0.4, -0.2) is 49.7 Å². The number of nitrogens with one attached hydrogen (secondary N) is 4. The first kappa shape index (κ1) is 18.1. The summed E-state index contributed by atoms with van der Waals surface area (Å²) in [6.07, 6.45) is 2.73. The maximum absolute atomic E-state index is 12.0. The molecule has 1 aliphatic rings. The van der Waals surface area contributed by atoms with Gasteiger partial charge in [0.2, 0.25) is 5.91 Å². The van der Waals surface area contributed by atoms with E-state index >= 15 is 0 Å².